The van der Waals surface area contributed by atoms with Gasteiger partial charge in [-0.15, -0.1) is 0 Å². The third kappa shape index (κ3) is 6.35. The number of pyridine rings is 1. The van der Waals surface area contributed by atoms with Crippen molar-refractivity contribution >= 4 is 44.2 Å². The summed E-state index contributed by atoms with van der Waals surface area (Å²) in [6, 6.07) is 19.3. The van der Waals surface area contributed by atoms with Gasteiger partial charge in [0, 0.05) is 27.8 Å². The number of benzene rings is 2. The Morgan fingerprint density at radius 1 is 1.00 bits per heavy atom. The lowest BCUT2D eigenvalue weighted by Gasteiger charge is -2.07. The van der Waals surface area contributed by atoms with Crippen molar-refractivity contribution in [1.29, 1.82) is 0 Å². The van der Waals surface area contributed by atoms with E-state index in [2.05, 4.69) is 32.3 Å². The SMILES string of the molecule is Nc1cccc(CCc2ccc(C(=O)[CH]CNS(=O)(=O)c3ccc(I)cc3)cc2)n1. The summed E-state index contributed by atoms with van der Waals surface area (Å²) in [4.78, 5) is 16.8. The average Bonchev–Trinajstić information content (AvgIpc) is 2.73. The van der Waals surface area contributed by atoms with Crippen molar-refractivity contribution in [2.75, 3.05) is 12.3 Å². The molecule has 30 heavy (non-hydrogen) atoms. The van der Waals surface area contributed by atoms with Gasteiger partial charge in [0.2, 0.25) is 10.0 Å². The number of carbonyl (C=O) groups excluding carboxylic acids is 1. The molecule has 0 amide bonds. The van der Waals surface area contributed by atoms with Crippen LogP contribution < -0.4 is 10.5 Å². The van der Waals surface area contributed by atoms with Crippen molar-refractivity contribution in [2.24, 2.45) is 0 Å². The van der Waals surface area contributed by atoms with Gasteiger partial charge in [-0.05, 0) is 77.4 Å². The van der Waals surface area contributed by atoms with Crippen molar-refractivity contribution in [2.45, 2.75) is 17.7 Å². The molecule has 0 spiro atoms. The fourth-order valence-electron chi connectivity index (χ4n) is 2.80. The van der Waals surface area contributed by atoms with E-state index < -0.39 is 10.0 Å². The minimum absolute atomic E-state index is 0.0734. The zero-order chi connectivity index (χ0) is 21.6. The van der Waals surface area contributed by atoms with Gasteiger partial charge < -0.3 is 5.73 Å². The van der Waals surface area contributed by atoms with E-state index in [0.717, 1.165) is 27.7 Å². The topological polar surface area (TPSA) is 102 Å². The molecule has 155 valence electrons. The summed E-state index contributed by atoms with van der Waals surface area (Å²) in [6.45, 7) is -0.0734. The summed E-state index contributed by atoms with van der Waals surface area (Å²) in [6.07, 6.45) is 2.87. The molecule has 0 bridgehead atoms. The molecule has 0 fully saturated rings. The molecule has 3 aromatic rings. The van der Waals surface area contributed by atoms with E-state index in [1.54, 1.807) is 30.3 Å². The molecular weight excluding hydrogens is 513 g/mol. The Morgan fingerprint density at radius 2 is 1.70 bits per heavy atom. The maximum atomic E-state index is 12.3. The number of hydrogen-bond donors (Lipinski definition) is 2. The molecule has 2 aromatic carbocycles. The smallest absolute Gasteiger partial charge is 0.240 e. The minimum Gasteiger partial charge on any atom is -0.384 e. The minimum atomic E-state index is -3.65. The Hall–Kier alpha value is -2.30. The van der Waals surface area contributed by atoms with E-state index in [9.17, 15) is 13.2 Å². The Labute approximate surface area is 190 Å². The zero-order valence-electron chi connectivity index (χ0n) is 16.1. The Balaban J connectivity index is 1.50. The van der Waals surface area contributed by atoms with Gasteiger partial charge in [0.15, 0.2) is 5.78 Å². The molecule has 0 aliphatic heterocycles. The van der Waals surface area contributed by atoms with Crippen molar-refractivity contribution in [1.82, 2.24) is 9.71 Å². The fourth-order valence-corrected chi connectivity index (χ4v) is 4.13. The van der Waals surface area contributed by atoms with Gasteiger partial charge >= 0.3 is 0 Å². The second kappa shape index (κ2) is 10.1. The lowest BCUT2D eigenvalue weighted by molar-refractivity contribution is 0.102. The lowest BCUT2D eigenvalue weighted by atomic mass is 10.0. The van der Waals surface area contributed by atoms with E-state index in [1.807, 2.05) is 24.3 Å². The highest BCUT2D eigenvalue weighted by Crippen LogP contribution is 2.13. The van der Waals surface area contributed by atoms with E-state index >= 15 is 0 Å². The molecule has 0 aliphatic rings. The first-order valence-electron chi connectivity index (χ1n) is 9.26. The molecule has 3 N–H and O–H groups in total. The molecule has 0 aliphatic carbocycles. The second-order valence-electron chi connectivity index (χ2n) is 6.62. The Morgan fingerprint density at radius 3 is 2.37 bits per heavy atom. The number of anilines is 1. The van der Waals surface area contributed by atoms with Crippen molar-refractivity contribution in [3.63, 3.8) is 0 Å². The number of nitrogens with one attached hydrogen (secondary N) is 1. The number of nitrogens with two attached hydrogens (primary N) is 1. The number of halogens is 1. The third-order valence-electron chi connectivity index (χ3n) is 4.42. The molecule has 1 heterocycles. The number of rotatable bonds is 9. The van der Waals surface area contributed by atoms with Gasteiger partial charge in [-0.2, -0.15) is 0 Å². The number of Topliss-reactive ketones (excluding diaryl/α,β-unsaturated/α-hetero) is 1. The quantitative estimate of drug-likeness (QED) is 0.324. The van der Waals surface area contributed by atoms with Gasteiger partial charge in [-0.25, -0.2) is 18.1 Å². The molecule has 8 heteroatoms. The van der Waals surface area contributed by atoms with E-state index in [4.69, 9.17) is 5.73 Å². The van der Waals surface area contributed by atoms with Crippen LogP contribution in [0.25, 0.3) is 0 Å². The van der Waals surface area contributed by atoms with Crippen LogP contribution in [0.5, 0.6) is 0 Å². The van der Waals surface area contributed by atoms with Crippen LogP contribution in [0.4, 0.5) is 5.82 Å². The summed E-state index contributed by atoms with van der Waals surface area (Å²) in [5.74, 6) is 0.269. The molecule has 0 saturated carbocycles. The van der Waals surface area contributed by atoms with Crippen LogP contribution in [-0.4, -0.2) is 25.7 Å². The van der Waals surface area contributed by atoms with Gasteiger partial charge in [-0.3, -0.25) is 4.79 Å². The number of ketones is 1. The normalized spacial score (nSPS) is 11.4. The number of hydrogen-bond acceptors (Lipinski definition) is 5. The summed E-state index contributed by atoms with van der Waals surface area (Å²) in [5.41, 5.74) is 8.20. The molecule has 0 saturated heterocycles. The predicted octanol–water partition coefficient (Wildman–Crippen LogP) is 3.42. The van der Waals surface area contributed by atoms with Crippen molar-refractivity contribution in [3.05, 3.63) is 93.5 Å². The van der Waals surface area contributed by atoms with Crippen LogP contribution in [0.15, 0.2) is 71.6 Å². The molecule has 0 atom stereocenters. The number of sulfonamides is 1. The Bertz CT molecular complexity index is 1120. The average molecular weight is 534 g/mol. The van der Waals surface area contributed by atoms with Gasteiger partial charge in [0.05, 0.1) is 4.90 Å². The first kappa shape index (κ1) is 22.4. The first-order chi connectivity index (χ1) is 14.3. The third-order valence-corrected chi connectivity index (χ3v) is 6.58. The van der Waals surface area contributed by atoms with Crippen LogP contribution in [0, 0.1) is 9.99 Å². The largest absolute Gasteiger partial charge is 0.384 e. The summed E-state index contributed by atoms with van der Waals surface area (Å²) in [5, 5.41) is 0. The monoisotopic (exact) mass is 534 g/mol. The van der Waals surface area contributed by atoms with E-state index in [0.29, 0.717) is 11.4 Å². The van der Waals surface area contributed by atoms with Gasteiger partial charge in [0.25, 0.3) is 0 Å². The maximum absolute atomic E-state index is 12.3. The molecule has 0 unspecified atom stereocenters. The van der Waals surface area contributed by atoms with Crippen LogP contribution >= 0.6 is 22.6 Å². The number of aromatic nitrogens is 1. The van der Waals surface area contributed by atoms with Crippen molar-refractivity contribution < 1.29 is 13.2 Å². The highest BCUT2D eigenvalue weighted by molar-refractivity contribution is 14.1. The van der Waals surface area contributed by atoms with Gasteiger partial charge in [-0.1, -0.05) is 30.3 Å². The Kier molecular flexibility index (Phi) is 7.57. The second-order valence-corrected chi connectivity index (χ2v) is 9.64. The van der Waals surface area contributed by atoms with Crippen LogP contribution in [0.1, 0.15) is 21.6 Å². The summed E-state index contributed by atoms with van der Waals surface area (Å²) in [7, 11) is -3.65. The lowest BCUT2D eigenvalue weighted by Crippen LogP contribution is -2.26. The number of aryl methyl sites for hydroxylation is 2. The molecule has 1 radical (unpaired) electrons. The van der Waals surface area contributed by atoms with Gasteiger partial charge in [0.1, 0.15) is 5.82 Å². The maximum Gasteiger partial charge on any atom is 0.240 e. The highest BCUT2D eigenvalue weighted by Gasteiger charge is 2.14. The van der Waals surface area contributed by atoms with Crippen LogP contribution in [0.2, 0.25) is 0 Å². The molecule has 1 aromatic heterocycles. The predicted molar refractivity (Wildman–Crippen MR) is 125 cm³/mol. The standard InChI is InChI=1S/C22H21IN3O3S/c23-18-9-12-20(13-10-18)30(28,29)25-15-14-21(27)17-7-4-16(5-8-17)6-11-19-2-1-3-22(24)26-19/h1-5,7-10,12-14,25H,6,11,15H2,(H2,24,26). The molecule has 6 nitrogen and oxygen atoms in total. The molecule has 3 rings (SSSR count). The number of nitrogens with zero attached hydrogens (tertiary/aromatic N) is 1. The zero-order valence-corrected chi connectivity index (χ0v) is 19.1. The molecular formula is C22H21IN3O3S. The summed E-state index contributed by atoms with van der Waals surface area (Å²) < 4.78 is 27.9. The summed E-state index contributed by atoms with van der Waals surface area (Å²) >= 11 is 2.11. The van der Waals surface area contributed by atoms with E-state index in [-0.39, 0.29) is 17.2 Å². The van der Waals surface area contributed by atoms with Crippen molar-refractivity contribution in [3.8, 4) is 0 Å². The van der Waals surface area contributed by atoms with E-state index in [1.165, 1.54) is 18.6 Å². The first-order valence-corrected chi connectivity index (χ1v) is 11.8. The number of carbonyl (C=O) groups is 1. The van der Waals surface area contributed by atoms with Crippen LogP contribution in [-0.2, 0) is 22.9 Å². The highest BCUT2D eigenvalue weighted by atomic mass is 127. The fraction of sp³-hybridized carbons (Fsp3) is 0.136. The van der Waals surface area contributed by atoms with Crippen LogP contribution in [0.3, 0.4) is 0 Å². The number of nitrogen functional groups attached to an aromatic ring is 1.